The van der Waals surface area contributed by atoms with Crippen molar-refractivity contribution in [3.63, 3.8) is 0 Å². The Morgan fingerprint density at radius 1 is 1.17 bits per heavy atom. The van der Waals surface area contributed by atoms with Gasteiger partial charge in [-0.05, 0) is 0 Å². The maximum atomic E-state index is 8.58. The quantitative estimate of drug-likeness (QED) is 0.413. The molecule has 0 aromatic rings. The summed E-state index contributed by atoms with van der Waals surface area (Å²) in [6, 6.07) is 0. The molecule has 0 saturated carbocycles. The van der Waals surface area contributed by atoms with Crippen LogP contribution in [0.15, 0.2) is 0 Å². The van der Waals surface area contributed by atoms with E-state index in [1.165, 1.54) is 0 Å². The van der Waals surface area contributed by atoms with Gasteiger partial charge in [0.05, 0.1) is 0 Å². The van der Waals surface area contributed by atoms with E-state index in [4.69, 9.17) is 9.40 Å². The Kier molecular flexibility index (Phi) is 27.9. The van der Waals surface area contributed by atoms with Crippen molar-refractivity contribution in [2.24, 2.45) is 0 Å². The van der Waals surface area contributed by atoms with Crippen LogP contribution >= 0.6 is 0 Å². The Hall–Kier alpha value is 1.24. The molecular formula is O4PuU. The summed E-state index contributed by atoms with van der Waals surface area (Å²) in [5.74, 6) is 0. The van der Waals surface area contributed by atoms with E-state index in [0.29, 0.717) is 0 Å². The van der Waals surface area contributed by atoms with E-state index in [1.807, 2.05) is 0 Å². The first-order valence-electron chi connectivity index (χ1n) is 0.742. The van der Waals surface area contributed by atoms with Crippen LogP contribution in [0.25, 0.3) is 0 Å². The van der Waals surface area contributed by atoms with Gasteiger partial charge in [0, 0.05) is 0 Å². The van der Waals surface area contributed by atoms with Gasteiger partial charge in [0.25, 0.3) is 0 Å². The Balaban J connectivity index is 0. The maximum absolute atomic E-state index is 8.58. The zero-order chi connectivity index (χ0) is 5.41. The summed E-state index contributed by atoms with van der Waals surface area (Å²) >= 11 is -4.89. The molecule has 0 heterocycles. The van der Waals surface area contributed by atoms with E-state index in [1.54, 1.807) is 0 Å². The van der Waals surface area contributed by atoms with Crippen LogP contribution in [0.3, 0.4) is 0 Å². The molecule has 0 aromatic carbocycles. The Morgan fingerprint density at radius 2 is 1.17 bits per heavy atom. The fraction of sp³-hybridized carbons (Fsp3) is 0. The molecule has 0 N–H and O–H groups in total. The van der Waals surface area contributed by atoms with Crippen molar-refractivity contribution in [1.82, 2.24) is 0 Å². The van der Waals surface area contributed by atoms with E-state index >= 15 is 0 Å². The first-order chi connectivity index (χ1) is 2.83. The second-order valence-electron chi connectivity index (χ2n) is 0.151. The Morgan fingerprint density at radius 3 is 1.17 bits per heavy atom. The summed E-state index contributed by atoms with van der Waals surface area (Å²) in [4.78, 5) is 0. The standard InChI is InChI=1S/4O.Pu.U. The average Bonchev–Trinajstić information content (AvgIpc) is 1.39. The molecule has 0 bridgehead atoms. The second-order valence-corrected chi connectivity index (χ2v) is 1.41. The van der Waals surface area contributed by atoms with Gasteiger partial charge in [-0.25, -0.2) is 0 Å². The molecule has 4 nitrogen and oxygen atoms in total. The van der Waals surface area contributed by atoms with Crippen LogP contribution in [-0.2, 0) is 9.40 Å². The van der Waals surface area contributed by atoms with E-state index < -0.39 is 53.8 Å². The van der Waals surface area contributed by atoms with Gasteiger partial charge in [-0.3, -0.25) is 0 Å². The van der Waals surface area contributed by atoms with Gasteiger partial charge in [0.2, 0.25) is 0 Å². The normalized spacial score (nSPS) is 2.67. The molecule has 0 amide bonds. The minimum atomic E-state index is -2.51. The van der Waals surface area contributed by atoms with Crippen molar-refractivity contribution >= 4 is 0 Å². The number of rotatable bonds is 0. The van der Waals surface area contributed by atoms with Gasteiger partial charge < -0.3 is 0 Å². The van der Waals surface area contributed by atoms with Crippen LogP contribution in [0, 0.1) is 53.8 Å². The molecule has 0 saturated heterocycles. The third-order valence-corrected chi connectivity index (χ3v) is 0. The fourth-order valence-electron chi connectivity index (χ4n) is 0. The van der Waals surface area contributed by atoms with E-state index in [0.717, 1.165) is 0 Å². The van der Waals surface area contributed by atoms with Crippen LogP contribution in [-0.4, -0.2) is 0 Å². The fourth-order valence-corrected chi connectivity index (χ4v) is 0. The van der Waals surface area contributed by atoms with Crippen molar-refractivity contribution in [3.8, 4) is 0 Å². The van der Waals surface area contributed by atoms with Gasteiger partial charge in [-0.1, -0.05) is 0 Å². The SMILES string of the molecule is [O]=[Pu]=[O].[O]=[U]=[O]. The van der Waals surface area contributed by atoms with Crippen molar-refractivity contribution in [2.45, 2.75) is 0 Å². The van der Waals surface area contributed by atoms with Gasteiger partial charge >= 0.3 is 63.2 Å². The Bertz CT molecular complexity index is 61.5. The van der Waals surface area contributed by atoms with Crippen molar-refractivity contribution in [2.75, 3.05) is 0 Å². The van der Waals surface area contributed by atoms with Crippen LogP contribution in [0.2, 0.25) is 0 Å². The molecule has 34 valence electrons. The number of hydrogen-bond donors (Lipinski definition) is 0. The molecule has 0 aliphatic carbocycles. The van der Waals surface area contributed by atoms with E-state index in [9.17, 15) is 0 Å². The summed E-state index contributed by atoms with van der Waals surface area (Å²) < 4.78 is 34.3. The monoisotopic (exact) mass is 540 g/mol. The summed E-state index contributed by atoms with van der Waals surface area (Å²) in [5, 5.41) is 0. The molecule has 0 atom stereocenters. The third kappa shape index (κ3) is 61.3. The first kappa shape index (κ1) is 10.3. The summed E-state index contributed by atoms with van der Waals surface area (Å²) in [7, 11) is 0. The average molecular weight is 546 g/mol. The van der Waals surface area contributed by atoms with Crippen LogP contribution in [0.4, 0.5) is 0 Å². The Labute approximate surface area is 62.3 Å². The molecule has 6 heteroatoms. The zero-order valence-electron chi connectivity index (χ0n) is 2.54. The molecule has 0 aliphatic heterocycles. The van der Waals surface area contributed by atoms with Crippen molar-refractivity contribution in [1.29, 1.82) is 0 Å². The van der Waals surface area contributed by atoms with Crippen LogP contribution in [0.5, 0.6) is 0 Å². The molecule has 0 unspecified atom stereocenters. The second kappa shape index (κ2) is 16.3. The molecule has 0 aromatic heterocycles. The van der Waals surface area contributed by atoms with E-state index in [-0.39, 0.29) is 0 Å². The molecule has 0 radical (unpaired) electrons. The van der Waals surface area contributed by atoms with Crippen LogP contribution in [0.1, 0.15) is 0 Å². The van der Waals surface area contributed by atoms with Gasteiger partial charge in [-0.15, -0.1) is 0 Å². The van der Waals surface area contributed by atoms with Gasteiger partial charge in [-0.2, -0.15) is 0 Å². The van der Waals surface area contributed by atoms with Gasteiger partial charge in [0.1, 0.15) is 0 Å². The summed E-state index contributed by atoms with van der Waals surface area (Å²) in [6.07, 6.45) is 0. The van der Waals surface area contributed by atoms with Crippen molar-refractivity contribution in [3.05, 3.63) is 0 Å². The van der Waals surface area contributed by atoms with Crippen molar-refractivity contribution < 1.29 is 63.2 Å². The first-order valence-corrected chi connectivity index (χ1v) is 6.92. The molecule has 6 heavy (non-hydrogen) atoms. The third-order valence-electron chi connectivity index (χ3n) is 0. The molecule has 0 fully saturated rings. The van der Waals surface area contributed by atoms with E-state index in [2.05, 4.69) is 0 Å². The molecular weight excluding hydrogens is 546 g/mol. The number of hydrogen-bond acceptors (Lipinski definition) is 4. The minimum absolute atomic E-state index is 2.38. The zero-order valence-corrected chi connectivity index (χ0v) is 10.1. The molecule has 0 spiro atoms. The molecule has 0 rings (SSSR count). The van der Waals surface area contributed by atoms with Gasteiger partial charge in [0.15, 0.2) is 0 Å². The predicted octanol–water partition coefficient (Wildman–Crippen LogP) is -0.475. The topological polar surface area (TPSA) is 68.3 Å². The summed E-state index contributed by atoms with van der Waals surface area (Å²) in [6.45, 7) is 0. The van der Waals surface area contributed by atoms with Crippen LogP contribution < -0.4 is 0 Å². The molecule has 0 aliphatic rings. The summed E-state index contributed by atoms with van der Waals surface area (Å²) in [5.41, 5.74) is 0. The predicted molar refractivity (Wildman–Crippen MR) is 2.75 cm³/mol.